The van der Waals surface area contributed by atoms with Crippen molar-refractivity contribution in [2.75, 3.05) is 19.6 Å². The monoisotopic (exact) mass is 480 g/mol. The predicted octanol–water partition coefficient (Wildman–Crippen LogP) is 1.88. The summed E-state index contributed by atoms with van der Waals surface area (Å²) in [6, 6.07) is 6.52. The number of fused-ring (bicyclic) bond motifs is 1. The topological polar surface area (TPSA) is 126 Å². The Morgan fingerprint density at radius 2 is 1.61 bits per heavy atom. The van der Waals surface area contributed by atoms with Crippen molar-refractivity contribution in [3.05, 3.63) is 24.3 Å². The number of nitrogens with one attached hydrogen (secondary N) is 3. The first-order valence-corrected chi connectivity index (χ1v) is 13.1. The molecule has 11 heteroatoms. The summed E-state index contributed by atoms with van der Waals surface area (Å²) in [6.07, 6.45) is 6.14. The third-order valence-corrected chi connectivity index (χ3v) is 7.95. The Labute approximate surface area is 194 Å². The van der Waals surface area contributed by atoms with Crippen LogP contribution in [0.3, 0.4) is 0 Å². The SMILES string of the molecule is O=C(NC1CCCCC1)NS(=O)(=O)N1CCC(CCNC(=O)C2Oc3ccccc3O2)CC1. The molecule has 0 atom stereocenters. The van der Waals surface area contributed by atoms with Crippen LogP contribution in [0.25, 0.3) is 0 Å². The van der Waals surface area contributed by atoms with Crippen molar-refractivity contribution in [3.63, 3.8) is 0 Å². The maximum atomic E-state index is 12.6. The average molecular weight is 481 g/mol. The van der Waals surface area contributed by atoms with E-state index in [0.717, 1.165) is 38.5 Å². The highest BCUT2D eigenvalue weighted by molar-refractivity contribution is 7.87. The Morgan fingerprint density at radius 1 is 0.970 bits per heavy atom. The first kappa shape index (κ1) is 23.6. The van der Waals surface area contributed by atoms with Crippen LogP contribution in [0.4, 0.5) is 4.79 Å². The summed E-state index contributed by atoms with van der Waals surface area (Å²) < 4.78 is 39.6. The van der Waals surface area contributed by atoms with Crippen LogP contribution < -0.4 is 24.8 Å². The fourth-order valence-corrected chi connectivity index (χ4v) is 5.69. The first-order valence-electron chi connectivity index (χ1n) is 11.7. The van der Waals surface area contributed by atoms with E-state index in [-0.39, 0.29) is 17.9 Å². The molecular weight excluding hydrogens is 448 g/mol. The van der Waals surface area contributed by atoms with Gasteiger partial charge < -0.3 is 20.1 Å². The molecular formula is C22H32N4O6S. The second-order valence-electron chi connectivity index (χ2n) is 8.85. The van der Waals surface area contributed by atoms with Gasteiger partial charge in [0.05, 0.1) is 0 Å². The summed E-state index contributed by atoms with van der Waals surface area (Å²) in [5.74, 6) is 1.05. The summed E-state index contributed by atoms with van der Waals surface area (Å²) in [4.78, 5) is 24.4. The van der Waals surface area contributed by atoms with Crippen LogP contribution in [0.15, 0.2) is 24.3 Å². The zero-order valence-electron chi connectivity index (χ0n) is 18.6. The quantitative estimate of drug-likeness (QED) is 0.547. The van der Waals surface area contributed by atoms with Crippen molar-refractivity contribution >= 4 is 22.1 Å². The van der Waals surface area contributed by atoms with Gasteiger partial charge in [-0.15, -0.1) is 0 Å². The number of hydrogen-bond donors (Lipinski definition) is 3. The van der Waals surface area contributed by atoms with E-state index in [2.05, 4.69) is 15.4 Å². The van der Waals surface area contributed by atoms with Crippen molar-refractivity contribution in [3.8, 4) is 11.5 Å². The lowest BCUT2D eigenvalue weighted by Crippen LogP contribution is -2.51. The number of urea groups is 1. The normalized spacial score (nSPS) is 20.4. The number of amides is 3. The zero-order chi connectivity index (χ0) is 23.3. The molecule has 0 aromatic heterocycles. The van der Waals surface area contributed by atoms with E-state index in [0.29, 0.717) is 44.0 Å². The smallest absolute Gasteiger partial charge is 0.329 e. The van der Waals surface area contributed by atoms with Gasteiger partial charge in [-0.25, -0.2) is 9.52 Å². The van der Waals surface area contributed by atoms with Gasteiger partial charge in [0.2, 0.25) is 0 Å². The predicted molar refractivity (Wildman–Crippen MR) is 121 cm³/mol. The minimum Gasteiger partial charge on any atom is -0.442 e. The Kier molecular flexibility index (Phi) is 7.59. The molecule has 0 bridgehead atoms. The molecule has 33 heavy (non-hydrogen) atoms. The number of carbonyl (C=O) groups is 2. The Bertz CT molecular complexity index is 917. The highest BCUT2D eigenvalue weighted by Crippen LogP contribution is 2.33. The number of nitrogens with zero attached hydrogens (tertiary/aromatic N) is 1. The van der Waals surface area contributed by atoms with E-state index in [4.69, 9.17) is 9.47 Å². The molecule has 1 aromatic rings. The molecule has 3 N–H and O–H groups in total. The molecule has 0 radical (unpaired) electrons. The lowest BCUT2D eigenvalue weighted by molar-refractivity contribution is -0.136. The molecule has 1 aromatic carbocycles. The molecule has 2 heterocycles. The molecule has 1 saturated heterocycles. The molecule has 0 unspecified atom stereocenters. The van der Waals surface area contributed by atoms with E-state index >= 15 is 0 Å². The van der Waals surface area contributed by atoms with E-state index in [1.807, 2.05) is 12.1 Å². The fraction of sp³-hybridized carbons (Fsp3) is 0.636. The molecule has 182 valence electrons. The lowest BCUT2D eigenvalue weighted by atomic mass is 9.95. The number of carbonyl (C=O) groups excluding carboxylic acids is 2. The van der Waals surface area contributed by atoms with Crippen molar-refractivity contribution in [1.29, 1.82) is 0 Å². The van der Waals surface area contributed by atoms with Crippen LogP contribution in [0.5, 0.6) is 11.5 Å². The molecule has 1 saturated carbocycles. The number of rotatable bonds is 7. The Hall–Kier alpha value is -2.53. The maximum absolute atomic E-state index is 12.6. The highest BCUT2D eigenvalue weighted by atomic mass is 32.2. The molecule has 1 aliphatic carbocycles. The van der Waals surface area contributed by atoms with E-state index < -0.39 is 22.5 Å². The summed E-state index contributed by atoms with van der Waals surface area (Å²) in [5.41, 5.74) is 0. The van der Waals surface area contributed by atoms with E-state index in [9.17, 15) is 18.0 Å². The van der Waals surface area contributed by atoms with Crippen LogP contribution >= 0.6 is 0 Å². The summed E-state index contributed by atoms with van der Waals surface area (Å²) in [6.45, 7) is 1.14. The summed E-state index contributed by atoms with van der Waals surface area (Å²) in [5, 5.41) is 5.60. The molecule has 3 amide bonds. The highest BCUT2D eigenvalue weighted by Gasteiger charge is 2.32. The number of piperidine rings is 1. The van der Waals surface area contributed by atoms with Gasteiger partial charge in [-0.05, 0) is 50.2 Å². The van der Waals surface area contributed by atoms with Gasteiger partial charge in [-0.1, -0.05) is 31.4 Å². The lowest BCUT2D eigenvalue weighted by Gasteiger charge is -2.31. The fourth-order valence-electron chi connectivity index (χ4n) is 4.57. The van der Waals surface area contributed by atoms with Crippen molar-refractivity contribution in [1.82, 2.24) is 19.7 Å². The largest absolute Gasteiger partial charge is 0.442 e. The number of ether oxygens (including phenoxy) is 2. The second kappa shape index (κ2) is 10.6. The summed E-state index contributed by atoms with van der Waals surface area (Å²) >= 11 is 0. The molecule has 3 aliphatic rings. The van der Waals surface area contributed by atoms with Crippen molar-refractivity contribution < 1.29 is 27.5 Å². The first-order chi connectivity index (χ1) is 15.9. The van der Waals surface area contributed by atoms with Crippen LogP contribution in [0.2, 0.25) is 0 Å². The number of benzene rings is 1. The minimum atomic E-state index is -3.86. The second-order valence-corrected chi connectivity index (χ2v) is 10.5. The van der Waals surface area contributed by atoms with E-state index in [1.54, 1.807) is 12.1 Å². The zero-order valence-corrected chi connectivity index (χ0v) is 19.4. The molecule has 10 nitrogen and oxygen atoms in total. The van der Waals surface area contributed by atoms with Gasteiger partial charge in [-0.3, -0.25) is 4.79 Å². The number of para-hydroxylation sites is 2. The van der Waals surface area contributed by atoms with Gasteiger partial charge in [0.15, 0.2) is 11.5 Å². The van der Waals surface area contributed by atoms with Crippen LogP contribution in [0.1, 0.15) is 51.4 Å². The van der Waals surface area contributed by atoms with Crippen molar-refractivity contribution in [2.45, 2.75) is 63.7 Å². The van der Waals surface area contributed by atoms with Gasteiger partial charge >= 0.3 is 28.4 Å². The Morgan fingerprint density at radius 3 is 2.24 bits per heavy atom. The van der Waals surface area contributed by atoms with Gasteiger partial charge in [0.1, 0.15) is 0 Å². The molecule has 2 aliphatic heterocycles. The molecule has 4 rings (SSSR count). The average Bonchev–Trinajstić information content (AvgIpc) is 3.24. The third kappa shape index (κ3) is 6.29. The number of hydrogen-bond acceptors (Lipinski definition) is 6. The van der Waals surface area contributed by atoms with Gasteiger partial charge in [0.25, 0.3) is 0 Å². The molecule has 0 spiro atoms. The van der Waals surface area contributed by atoms with Crippen LogP contribution in [-0.2, 0) is 15.0 Å². The standard InChI is InChI=1S/C22H32N4O6S/c27-20(21-31-18-8-4-5-9-19(18)32-21)23-13-10-16-11-14-26(15-12-16)33(29,30)25-22(28)24-17-6-2-1-3-7-17/h4-5,8-9,16-17,21H,1-3,6-7,10-15H2,(H,23,27)(H2,24,25,28). The molecule has 2 fully saturated rings. The maximum Gasteiger partial charge on any atom is 0.329 e. The third-order valence-electron chi connectivity index (χ3n) is 6.46. The van der Waals surface area contributed by atoms with Crippen LogP contribution in [-0.4, -0.2) is 56.6 Å². The van der Waals surface area contributed by atoms with Crippen molar-refractivity contribution in [2.24, 2.45) is 5.92 Å². The van der Waals surface area contributed by atoms with Gasteiger partial charge in [0, 0.05) is 25.7 Å². The summed E-state index contributed by atoms with van der Waals surface area (Å²) in [7, 11) is -3.86. The van der Waals surface area contributed by atoms with Gasteiger partial charge in [-0.2, -0.15) is 12.7 Å². The van der Waals surface area contributed by atoms with Crippen LogP contribution in [0, 0.1) is 5.92 Å². The Balaban J connectivity index is 1.14. The van der Waals surface area contributed by atoms with E-state index in [1.165, 1.54) is 4.31 Å². The minimum absolute atomic E-state index is 0.0455.